The molecule has 0 aliphatic heterocycles. The van der Waals surface area contributed by atoms with Crippen LogP contribution in [0.5, 0.6) is 5.75 Å². The summed E-state index contributed by atoms with van der Waals surface area (Å²) in [5, 5.41) is 12.2. The molecule has 3 rings (SSSR count). The summed E-state index contributed by atoms with van der Waals surface area (Å²) in [5.41, 5.74) is 5.38. The second-order valence-corrected chi connectivity index (χ2v) is 8.41. The third kappa shape index (κ3) is 5.86. The van der Waals surface area contributed by atoms with Gasteiger partial charge in [-0.1, -0.05) is 23.9 Å². The Kier molecular flexibility index (Phi) is 7.15. The molecule has 0 saturated heterocycles. The minimum atomic E-state index is -0.0660. The van der Waals surface area contributed by atoms with Crippen LogP contribution in [0.3, 0.4) is 0 Å². The molecule has 30 heavy (non-hydrogen) atoms. The Bertz CT molecular complexity index is 1010. The van der Waals surface area contributed by atoms with Crippen LogP contribution in [-0.4, -0.2) is 26.4 Å². The Labute approximate surface area is 182 Å². The minimum absolute atomic E-state index is 0.0660. The van der Waals surface area contributed by atoms with Gasteiger partial charge in [-0.15, -0.1) is 10.2 Å². The van der Waals surface area contributed by atoms with Crippen LogP contribution < -0.4 is 10.1 Å². The van der Waals surface area contributed by atoms with E-state index in [1.807, 2.05) is 63.5 Å². The molecular weight excluding hydrogens is 396 g/mol. The largest absolute Gasteiger partial charge is 0.486 e. The lowest BCUT2D eigenvalue weighted by Gasteiger charge is -2.10. The molecule has 0 aliphatic carbocycles. The number of ether oxygens (including phenoxy) is 1. The number of benzene rings is 2. The lowest BCUT2D eigenvalue weighted by molar-refractivity contribution is -0.113. The molecule has 1 aromatic heterocycles. The zero-order chi connectivity index (χ0) is 21.7. The van der Waals surface area contributed by atoms with E-state index in [2.05, 4.69) is 27.6 Å². The van der Waals surface area contributed by atoms with Crippen LogP contribution >= 0.6 is 11.8 Å². The number of aryl methyl sites for hydroxylation is 4. The molecule has 3 aromatic rings. The standard InChI is InChI=1S/C23H28N4O2S/c1-6-27-21(13-29-20-11-17(4)8-18(5)12-20)25-26-23(27)30-14-22(28)24-19-9-15(2)7-16(3)10-19/h7-12H,6,13-14H2,1-5H3,(H,24,28). The molecule has 0 aliphatic rings. The van der Waals surface area contributed by atoms with Crippen molar-refractivity contribution in [3.8, 4) is 5.75 Å². The molecule has 0 unspecified atom stereocenters. The maximum Gasteiger partial charge on any atom is 0.234 e. The second kappa shape index (κ2) is 9.80. The molecule has 1 N–H and O–H groups in total. The van der Waals surface area contributed by atoms with Gasteiger partial charge in [-0.25, -0.2) is 0 Å². The van der Waals surface area contributed by atoms with Crippen molar-refractivity contribution < 1.29 is 9.53 Å². The van der Waals surface area contributed by atoms with Gasteiger partial charge in [-0.2, -0.15) is 0 Å². The molecule has 158 valence electrons. The number of hydrogen-bond donors (Lipinski definition) is 1. The Balaban J connectivity index is 1.60. The van der Waals surface area contributed by atoms with Gasteiger partial charge in [-0.3, -0.25) is 4.79 Å². The number of carbonyl (C=O) groups excluding carboxylic acids is 1. The monoisotopic (exact) mass is 424 g/mol. The maximum atomic E-state index is 12.4. The Morgan fingerprint density at radius 1 is 0.967 bits per heavy atom. The molecular formula is C23H28N4O2S. The van der Waals surface area contributed by atoms with Gasteiger partial charge < -0.3 is 14.6 Å². The van der Waals surface area contributed by atoms with Crippen LogP contribution in [0.25, 0.3) is 0 Å². The zero-order valence-electron chi connectivity index (χ0n) is 18.2. The number of carbonyl (C=O) groups is 1. The first kappa shape index (κ1) is 21.9. The number of thioether (sulfide) groups is 1. The lowest BCUT2D eigenvalue weighted by atomic mass is 10.1. The van der Waals surface area contributed by atoms with E-state index in [1.165, 1.54) is 11.8 Å². The maximum absolute atomic E-state index is 12.4. The first-order valence-electron chi connectivity index (χ1n) is 9.98. The Morgan fingerprint density at radius 2 is 1.57 bits per heavy atom. The van der Waals surface area contributed by atoms with E-state index in [4.69, 9.17) is 4.74 Å². The number of nitrogens with one attached hydrogen (secondary N) is 1. The van der Waals surface area contributed by atoms with E-state index in [0.29, 0.717) is 18.3 Å². The fourth-order valence-electron chi connectivity index (χ4n) is 3.39. The molecule has 7 heteroatoms. The van der Waals surface area contributed by atoms with E-state index in [1.54, 1.807) is 0 Å². The van der Waals surface area contributed by atoms with Gasteiger partial charge in [0.15, 0.2) is 11.0 Å². The SMILES string of the molecule is CCn1c(COc2cc(C)cc(C)c2)nnc1SCC(=O)Nc1cc(C)cc(C)c1. The van der Waals surface area contributed by atoms with Gasteiger partial charge in [0.2, 0.25) is 5.91 Å². The Hall–Kier alpha value is -2.80. The predicted molar refractivity (Wildman–Crippen MR) is 121 cm³/mol. The quantitative estimate of drug-likeness (QED) is 0.524. The van der Waals surface area contributed by atoms with Crippen LogP contribution in [0.2, 0.25) is 0 Å². The molecule has 0 fully saturated rings. The second-order valence-electron chi connectivity index (χ2n) is 7.47. The van der Waals surface area contributed by atoms with Crippen LogP contribution in [0, 0.1) is 27.7 Å². The van der Waals surface area contributed by atoms with E-state index in [0.717, 1.165) is 39.5 Å². The minimum Gasteiger partial charge on any atom is -0.486 e. The summed E-state index contributed by atoms with van der Waals surface area (Å²) < 4.78 is 7.91. The van der Waals surface area contributed by atoms with Crippen molar-refractivity contribution in [2.45, 2.75) is 52.9 Å². The molecule has 2 aromatic carbocycles. The van der Waals surface area contributed by atoms with Crippen LogP contribution in [-0.2, 0) is 17.9 Å². The van der Waals surface area contributed by atoms with Gasteiger partial charge in [0.25, 0.3) is 0 Å². The van der Waals surface area contributed by atoms with Crippen molar-refractivity contribution in [2.24, 2.45) is 0 Å². The lowest BCUT2D eigenvalue weighted by Crippen LogP contribution is -2.15. The fraction of sp³-hybridized carbons (Fsp3) is 0.348. The van der Waals surface area contributed by atoms with Crippen molar-refractivity contribution in [1.82, 2.24) is 14.8 Å². The first-order valence-corrected chi connectivity index (χ1v) is 11.0. The summed E-state index contributed by atoms with van der Waals surface area (Å²) in [7, 11) is 0. The number of nitrogens with zero attached hydrogens (tertiary/aromatic N) is 3. The molecule has 0 spiro atoms. The highest BCUT2D eigenvalue weighted by atomic mass is 32.2. The van der Waals surface area contributed by atoms with Gasteiger partial charge in [-0.05, 0) is 81.1 Å². The van der Waals surface area contributed by atoms with Gasteiger partial charge in [0, 0.05) is 12.2 Å². The smallest absolute Gasteiger partial charge is 0.234 e. The van der Waals surface area contributed by atoms with Crippen LogP contribution in [0.1, 0.15) is 35.0 Å². The highest BCUT2D eigenvalue weighted by molar-refractivity contribution is 7.99. The summed E-state index contributed by atoms with van der Waals surface area (Å²) >= 11 is 1.38. The van der Waals surface area contributed by atoms with Crippen molar-refractivity contribution in [3.05, 3.63) is 64.5 Å². The van der Waals surface area contributed by atoms with Crippen molar-refractivity contribution in [1.29, 1.82) is 0 Å². The number of amides is 1. The topological polar surface area (TPSA) is 69.0 Å². The van der Waals surface area contributed by atoms with Crippen LogP contribution in [0.4, 0.5) is 5.69 Å². The van der Waals surface area contributed by atoms with Crippen LogP contribution in [0.15, 0.2) is 41.6 Å². The first-order chi connectivity index (χ1) is 14.3. The average molecular weight is 425 g/mol. The summed E-state index contributed by atoms with van der Waals surface area (Å²) in [6, 6.07) is 12.1. The van der Waals surface area contributed by atoms with E-state index in [9.17, 15) is 4.79 Å². The molecule has 6 nitrogen and oxygen atoms in total. The van der Waals surface area contributed by atoms with E-state index < -0.39 is 0 Å². The highest BCUT2D eigenvalue weighted by Crippen LogP contribution is 2.21. The number of hydrogen-bond acceptors (Lipinski definition) is 5. The summed E-state index contributed by atoms with van der Waals surface area (Å²) in [6.45, 7) is 11.2. The third-order valence-corrected chi connectivity index (χ3v) is 5.48. The highest BCUT2D eigenvalue weighted by Gasteiger charge is 2.14. The van der Waals surface area contributed by atoms with Crippen molar-refractivity contribution in [2.75, 3.05) is 11.1 Å². The molecule has 0 saturated carbocycles. The van der Waals surface area contributed by atoms with Crippen molar-refractivity contribution in [3.63, 3.8) is 0 Å². The number of rotatable bonds is 8. The summed E-state index contributed by atoms with van der Waals surface area (Å²) in [5.74, 6) is 1.76. The van der Waals surface area contributed by atoms with E-state index >= 15 is 0 Å². The van der Waals surface area contributed by atoms with Gasteiger partial charge in [0.05, 0.1) is 5.75 Å². The summed E-state index contributed by atoms with van der Waals surface area (Å²) in [6.07, 6.45) is 0. The van der Waals surface area contributed by atoms with Crippen molar-refractivity contribution >= 4 is 23.4 Å². The van der Waals surface area contributed by atoms with Gasteiger partial charge >= 0.3 is 0 Å². The predicted octanol–water partition coefficient (Wildman–Crippen LogP) is 4.84. The van der Waals surface area contributed by atoms with Gasteiger partial charge in [0.1, 0.15) is 12.4 Å². The molecule has 1 amide bonds. The fourth-order valence-corrected chi connectivity index (χ4v) is 4.21. The molecule has 0 atom stereocenters. The molecule has 0 bridgehead atoms. The number of aromatic nitrogens is 3. The Morgan fingerprint density at radius 3 is 2.17 bits per heavy atom. The molecule has 0 radical (unpaired) electrons. The normalized spacial score (nSPS) is 10.8. The zero-order valence-corrected chi connectivity index (χ0v) is 19.0. The molecule has 1 heterocycles. The number of anilines is 1. The average Bonchev–Trinajstić information content (AvgIpc) is 3.05. The summed E-state index contributed by atoms with van der Waals surface area (Å²) in [4.78, 5) is 12.4. The third-order valence-electron chi connectivity index (χ3n) is 4.51. The van der Waals surface area contributed by atoms with E-state index in [-0.39, 0.29) is 11.7 Å².